The van der Waals surface area contributed by atoms with Gasteiger partial charge in [-0.15, -0.1) is 0 Å². The summed E-state index contributed by atoms with van der Waals surface area (Å²) >= 11 is 0. The van der Waals surface area contributed by atoms with E-state index in [-0.39, 0.29) is 6.10 Å². The summed E-state index contributed by atoms with van der Waals surface area (Å²) in [7, 11) is -2.64. The third-order valence-corrected chi connectivity index (χ3v) is 6.18. The number of hydrogen-bond donors (Lipinski definition) is 1. The maximum absolute atomic E-state index is 6.25. The van der Waals surface area contributed by atoms with Gasteiger partial charge in [-0.25, -0.2) is 0 Å². The van der Waals surface area contributed by atoms with Gasteiger partial charge >= 0.3 is 8.80 Å². The third kappa shape index (κ3) is 5.34. The molecule has 0 spiro atoms. The molecule has 20 heavy (non-hydrogen) atoms. The summed E-state index contributed by atoms with van der Waals surface area (Å²) in [6.45, 7) is 7.80. The Morgan fingerprint density at radius 3 is 2.20 bits per heavy atom. The van der Waals surface area contributed by atoms with E-state index in [1.54, 1.807) is 0 Å². The fourth-order valence-corrected chi connectivity index (χ4v) is 4.95. The predicted octanol–water partition coefficient (Wildman–Crippen LogP) is 3.12. The van der Waals surface area contributed by atoms with Crippen LogP contribution in [0.15, 0.2) is 30.3 Å². The lowest BCUT2D eigenvalue weighted by Crippen LogP contribution is -2.46. The van der Waals surface area contributed by atoms with Crippen LogP contribution in [0, 0.1) is 0 Å². The molecule has 0 saturated heterocycles. The molecule has 0 aromatic heterocycles. The summed E-state index contributed by atoms with van der Waals surface area (Å²) in [5, 5.41) is 0. The molecule has 4 nitrogen and oxygen atoms in total. The quantitative estimate of drug-likeness (QED) is 0.674. The predicted molar refractivity (Wildman–Crippen MR) is 83.4 cm³/mol. The zero-order chi connectivity index (χ0) is 14.8. The van der Waals surface area contributed by atoms with E-state index in [0.29, 0.717) is 19.8 Å². The molecule has 1 aromatic rings. The van der Waals surface area contributed by atoms with Gasteiger partial charge in [0.15, 0.2) is 0 Å². The van der Waals surface area contributed by atoms with Crippen molar-refractivity contribution in [1.82, 2.24) is 0 Å². The Morgan fingerprint density at radius 1 is 1.10 bits per heavy atom. The monoisotopic (exact) mass is 297 g/mol. The van der Waals surface area contributed by atoms with E-state index < -0.39 is 8.80 Å². The second-order valence-corrected chi connectivity index (χ2v) is 7.29. The van der Waals surface area contributed by atoms with Gasteiger partial charge in [-0.05, 0) is 39.3 Å². The zero-order valence-corrected chi connectivity index (χ0v) is 13.8. The van der Waals surface area contributed by atoms with Crippen LogP contribution in [-0.2, 0) is 13.3 Å². The SMILES string of the molecule is CCO[Si](CCCN)(OCC)OC(C)c1ccccc1. The molecule has 1 rings (SSSR count). The van der Waals surface area contributed by atoms with Crippen molar-refractivity contribution >= 4 is 8.80 Å². The lowest BCUT2D eigenvalue weighted by atomic mass is 10.1. The second kappa shape index (κ2) is 9.26. The van der Waals surface area contributed by atoms with Gasteiger partial charge in [0.1, 0.15) is 0 Å². The maximum atomic E-state index is 6.25. The number of rotatable bonds is 10. The molecule has 0 aliphatic rings. The summed E-state index contributed by atoms with van der Waals surface area (Å²) in [6.07, 6.45) is 0.812. The Labute approximate surface area is 123 Å². The van der Waals surface area contributed by atoms with E-state index in [9.17, 15) is 0 Å². The summed E-state index contributed by atoms with van der Waals surface area (Å²) in [5.41, 5.74) is 6.76. The average Bonchev–Trinajstić information content (AvgIpc) is 2.46. The fourth-order valence-electron chi connectivity index (χ4n) is 2.13. The van der Waals surface area contributed by atoms with E-state index in [0.717, 1.165) is 18.0 Å². The Balaban J connectivity index is 2.80. The molecule has 0 saturated carbocycles. The van der Waals surface area contributed by atoms with E-state index in [2.05, 4.69) is 12.1 Å². The summed E-state index contributed by atoms with van der Waals surface area (Å²) < 4.78 is 18.1. The van der Waals surface area contributed by atoms with Gasteiger partial charge in [0, 0.05) is 19.3 Å². The molecule has 2 N–H and O–H groups in total. The molecule has 1 aromatic carbocycles. The Kier molecular flexibility index (Phi) is 8.02. The van der Waals surface area contributed by atoms with Crippen molar-refractivity contribution in [2.24, 2.45) is 5.73 Å². The van der Waals surface area contributed by atoms with Gasteiger partial charge < -0.3 is 19.0 Å². The first-order valence-corrected chi connectivity index (χ1v) is 9.31. The maximum Gasteiger partial charge on any atom is 0.501 e. The van der Waals surface area contributed by atoms with Crippen molar-refractivity contribution in [3.05, 3.63) is 35.9 Å². The van der Waals surface area contributed by atoms with E-state index >= 15 is 0 Å². The van der Waals surface area contributed by atoms with Crippen molar-refractivity contribution in [2.45, 2.75) is 39.3 Å². The Morgan fingerprint density at radius 2 is 1.70 bits per heavy atom. The van der Waals surface area contributed by atoms with Crippen LogP contribution < -0.4 is 5.73 Å². The first-order valence-electron chi connectivity index (χ1n) is 7.38. The molecule has 1 atom stereocenters. The molecular formula is C15H27NO3Si. The summed E-state index contributed by atoms with van der Waals surface area (Å²) in [6, 6.07) is 10.9. The highest BCUT2D eigenvalue weighted by Crippen LogP contribution is 2.26. The van der Waals surface area contributed by atoms with Crippen LogP contribution >= 0.6 is 0 Å². The van der Waals surface area contributed by atoms with Crippen LogP contribution in [-0.4, -0.2) is 28.6 Å². The molecule has 0 heterocycles. The van der Waals surface area contributed by atoms with Crippen molar-refractivity contribution in [1.29, 1.82) is 0 Å². The van der Waals surface area contributed by atoms with Gasteiger partial charge in [-0.2, -0.15) is 0 Å². The van der Waals surface area contributed by atoms with Crippen LogP contribution in [0.1, 0.15) is 38.9 Å². The van der Waals surface area contributed by atoms with Gasteiger partial charge in [-0.3, -0.25) is 0 Å². The Bertz CT molecular complexity index is 355. The minimum atomic E-state index is -2.64. The highest BCUT2D eigenvalue weighted by atomic mass is 28.4. The number of benzene rings is 1. The van der Waals surface area contributed by atoms with Gasteiger partial charge in [-0.1, -0.05) is 30.3 Å². The highest BCUT2D eigenvalue weighted by molar-refractivity contribution is 6.60. The molecule has 0 amide bonds. The topological polar surface area (TPSA) is 53.7 Å². The first kappa shape index (κ1) is 17.3. The molecule has 0 aliphatic carbocycles. The summed E-state index contributed by atoms with van der Waals surface area (Å²) in [4.78, 5) is 0. The molecule has 1 unspecified atom stereocenters. The lowest BCUT2D eigenvalue weighted by molar-refractivity contribution is 0.0375. The largest absolute Gasteiger partial charge is 0.501 e. The smallest absolute Gasteiger partial charge is 0.374 e. The van der Waals surface area contributed by atoms with Gasteiger partial charge in [0.2, 0.25) is 0 Å². The minimum absolute atomic E-state index is 0.0428. The molecule has 0 radical (unpaired) electrons. The first-order chi connectivity index (χ1) is 9.67. The number of hydrogen-bond acceptors (Lipinski definition) is 4. The highest BCUT2D eigenvalue weighted by Gasteiger charge is 2.41. The van der Waals surface area contributed by atoms with Crippen molar-refractivity contribution in [3.63, 3.8) is 0 Å². The van der Waals surface area contributed by atoms with Crippen LogP contribution in [0.3, 0.4) is 0 Å². The van der Waals surface area contributed by atoms with Gasteiger partial charge in [0.25, 0.3) is 0 Å². The standard InChI is InChI=1S/C15H27NO3Si/c1-4-17-20(18-5-2,13-9-12-16)19-14(3)15-10-7-6-8-11-15/h6-8,10-11,14H,4-5,9,12-13,16H2,1-3H3. The average molecular weight is 297 g/mol. The normalized spacial score (nSPS) is 13.4. The Hall–Kier alpha value is -0.723. The van der Waals surface area contributed by atoms with E-state index in [4.69, 9.17) is 19.0 Å². The van der Waals surface area contributed by atoms with E-state index in [1.165, 1.54) is 0 Å². The van der Waals surface area contributed by atoms with Crippen LogP contribution in [0.5, 0.6) is 0 Å². The zero-order valence-electron chi connectivity index (χ0n) is 12.8. The lowest BCUT2D eigenvalue weighted by Gasteiger charge is -2.32. The van der Waals surface area contributed by atoms with Crippen LogP contribution in [0.25, 0.3) is 0 Å². The molecule has 0 fully saturated rings. The van der Waals surface area contributed by atoms with Crippen molar-refractivity contribution in [3.8, 4) is 0 Å². The molecule has 114 valence electrons. The summed E-state index contributed by atoms with van der Waals surface area (Å²) in [5.74, 6) is 0. The van der Waals surface area contributed by atoms with Crippen molar-refractivity contribution < 1.29 is 13.3 Å². The fraction of sp³-hybridized carbons (Fsp3) is 0.600. The van der Waals surface area contributed by atoms with E-state index in [1.807, 2.05) is 39.0 Å². The molecule has 0 aliphatic heterocycles. The molecule has 5 heteroatoms. The van der Waals surface area contributed by atoms with Crippen LogP contribution in [0.4, 0.5) is 0 Å². The molecular weight excluding hydrogens is 270 g/mol. The third-order valence-electron chi connectivity index (χ3n) is 3.04. The minimum Gasteiger partial charge on any atom is -0.374 e. The second-order valence-electron chi connectivity index (χ2n) is 4.61. The number of nitrogens with two attached hydrogens (primary N) is 1. The van der Waals surface area contributed by atoms with Gasteiger partial charge in [0.05, 0.1) is 6.10 Å². The molecule has 0 bridgehead atoms. The van der Waals surface area contributed by atoms with Crippen molar-refractivity contribution in [2.75, 3.05) is 19.8 Å². The van der Waals surface area contributed by atoms with Crippen LogP contribution in [0.2, 0.25) is 6.04 Å².